The minimum Gasteiger partial charge on any atom is -0.435 e. The van der Waals surface area contributed by atoms with Crippen molar-refractivity contribution in [3.8, 4) is 23.8 Å². The van der Waals surface area contributed by atoms with Gasteiger partial charge in [-0.3, -0.25) is 0 Å². The summed E-state index contributed by atoms with van der Waals surface area (Å²) in [4.78, 5) is 0. The molecule has 94 valence electrons. The summed E-state index contributed by atoms with van der Waals surface area (Å²) in [6.07, 6.45) is 0. The van der Waals surface area contributed by atoms with E-state index in [4.69, 9.17) is 15.3 Å². The van der Waals surface area contributed by atoms with Gasteiger partial charge in [-0.25, -0.2) is 9.07 Å². The molecule has 0 bridgehead atoms. The average molecular weight is 256 g/mol. The Morgan fingerprint density at radius 3 is 2.63 bits per heavy atom. The predicted octanol–water partition coefficient (Wildman–Crippen LogP) is 2.40. The molecule has 0 N–H and O–H groups in total. The van der Waals surface area contributed by atoms with Gasteiger partial charge in [0.25, 0.3) is 0 Å². The second kappa shape index (κ2) is 4.79. The van der Waals surface area contributed by atoms with E-state index < -0.39 is 5.82 Å². The summed E-state index contributed by atoms with van der Waals surface area (Å²) in [5.41, 5.74) is 0.965. The van der Waals surface area contributed by atoms with Crippen LogP contribution in [0, 0.1) is 35.4 Å². The standard InChI is InChI=1S/C13H9FN4O/c1-8-10(7-16)13(18(2)17-8)19-12-4-3-9(6-15)5-11(12)14/h3-5H,1-2H3. The molecule has 19 heavy (non-hydrogen) atoms. The van der Waals surface area contributed by atoms with Gasteiger partial charge in [-0.05, 0) is 25.1 Å². The molecule has 2 rings (SSSR count). The molecular weight excluding hydrogens is 247 g/mol. The maximum Gasteiger partial charge on any atom is 0.236 e. The first-order chi connectivity index (χ1) is 9.06. The fourth-order valence-electron chi connectivity index (χ4n) is 1.64. The quantitative estimate of drug-likeness (QED) is 0.826. The SMILES string of the molecule is Cc1nn(C)c(Oc2ccc(C#N)cc2F)c1C#N. The second-order valence-corrected chi connectivity index (χ2v) is 3.86. The molecule has 0 aliphatic rings. The van der Waals surface area contributed by atoms with Crippen molar-refractivity contribution in [1.29, 1.82) is 10.5 Å². The molecule has 5 nitrogen and oxygen atoms in total. The van der Waals surface area contributed by atoms with E-state index in [1.165, 1.54) is 16.8 Å². The second-order valence-electron chi connectivity index (χ2n) is 3.86. The Morgan fingerprint density at radius 1 is 1.32 bits per heavy atom. The van der Waals surface area contributed by atoms with Crippen molar-refractivity contribution in [2.75, 3.05) is 0 Å². The van der Waals surface area contributed by atoms with Gasteiger partial charge in [-0.2, -0.15) is 15.6 Å². The lowest BCUT2D eigenvalue weighted by Gasteiger charge is -2.07. The Bertz CT molecular complexity index is 721. The van der Waals surface area contributed by atoms with Gasteiger partial charge in [-0.15, -0.1) is 0 Å². The van der Waals surface area contributed by atoms with E-state index in [2.05, 4.69) is 5.10 Å². The Balaban J connectivity index is 2.43. The van der Waals surface area contributed by atoms with Gasteiger partial charge >= 0.3 is 0 Å². The lowest BCUT2D eigenvalue weighted by Crippen LogP contribution is -1.97. The molecule has 0 fully saturated rings. The monoisotopic (exact) mass is 256 g/mol. The van der Waals surface area contributed by atoms with E-state index >= 15 is 0 Å². The van der Waals surface area contributed by atoms with Crippen molar-refractivity contribution in [2.24, 2.45) is 7.05 Å². The summed E-state index contributed by atoms with van der Waals surface area (Å²) in [5, 5.41) is 21.7. The zero-order valence-electron chi connectivity index (χ0n) is 10.3. The third-order valence-corrected chi connectivity index (χ3v) is 2.55. The van der Waals surface area contributed by atoms with Crippen molar-refractivity contribution in [1.82, 2.24) is 9.78 Å². The molecule has 6 heteroatoms. The number of nitriles is 2. The van der Waals surface area contributed by atoms with E-state index in [9.17, 15) is 4.39 Å². The molecule has 0 aliphatic carbocycles. The predicted molar refractivity (Wildman–Crippen MR) is 63.8 cm³/mol. The van der Waals surface area contributed by atoms with Gasteiger partial charge in [0, 0.05) is 7.05 Å². The first-order valence-electron chi connectivity index (χ1n) is 5.38. The van der Waals surface area contributed by atoms with Crippen LogP contribution < -0.4 is 4.74 Å². The van der Waals surface area contributed by atoms with Gasteiger partial charge in [0.05, 0.1) is 17.3 Å². The van der Waals surface area contributed by atoms with Crippen LogP contribution in [0.4, 0.5) is 4.39 Å². The van der Waals surface area contributed by atoms with Crippen LogP contribution in [0.1, 0.15) is 16.8 Å². The number of rotatable bonds is 2. The highest BCUT2D eigenvalue weighted by Crippen LogP contribution is 2.28. The number of halogens is 1. The molecule has 0 amide bonds. The molecule has 1 aromatic heterocycles. The third kappa shape index (κ3) is 2.24. The normalized spacial score (nSPS) is 9.74. The van der Waals surface area contributed by atoms with Gasteiger partial charge in [0.2, 0.25) is 5.88 Å². The van der Waals surface area contributed by atoms with Gasteiger partial charge in [0.1, 0.15) is 11.6 Å². The maximum absolute atomic E-state index is 13.7. The molecule has 0 unspecified atom stereocenters. The number of nitrogens with zero attached hydrogens (tertiary/aromatic N) is 4. The van der Waals surface area contributed by atoms with Crippen molar-refractivity contribution in [2.45, 2.75) is 6.92 Å². The first-order valence-corrected chi connectivity index (χ1v) is 5.38. The van der Waals surface area contributed by atoms with Crippen LogP contribution in [0.5, 0.6) is 11.6 Å². The molecule has 1 heterocycles. The van der Waals surface area contributed by atoms with Crippen molar-refractivity contribution in [3.63, 3.8) is 0 Å². The van der Waals surface area contributed by atoms with Crippen LogP contribution >= 0.6 is 0 Å². The van der Waals surface area contributed by atoms with Crippen LogP contribution in [0.25, 0.3) is 0 Å². The maximum atomic E-state index is 13.7. The van der Waals surface area contributed by atoms with Crippen molar-refractivity contribution in [3.05, 3.63) is 40.8 Å². The average Bonchev–Trinajstić information content (AvgIpc) is 2.66. The number of benzene rings is 1. The molecule has 0 saturated heterocycles. The molecule has 0 spiro atoms. The number of aromatic nitrogens is 2. The Morgan fingerprint density at radius 2 is 2.05 bits per heavy atom. The van der Waals surface area contributed by atoms with E-state index in [0.717, 1.165) is 6.07 Å². The van der Waals surface area contributed by atoms with Crippen molar-refractivity contribution < 1.29 is 9.13 Å². The van der Waals surface area contributed by atoms with Crippen LogP contribution in [-0.4, -0.2) is 9.78 Å². The number of hydrogen-bond acceptors (Lipinski definition) is 4. The topological polar surface area (TPSA) is 74.6 Å². The zero-order chi connectivity index (χ0) is 14.0. The number of aryl methyl sites for hydroxylation is 2. The highest BCUT2D eigenvalue weighted by atomic mass is 19.1. The highest BCUT2D eigenvalue weighted by molar-refractivity contribution is 5.45. The molecular formula is C13H9FN4O. The van der Waals surface area contributed by atoms with E-state index in [0.29, 0.717) is 5.69 Å². The van der Waals surface area contributed by atoms with Gasteiger partial charge in [0.15, 0.2) is 11.6 Å². The van der Waals surface area contributed by atoms with Crippen LogP contribution in [0.2, 0.25) is 0 Å². The zero-order valence-corrected chi connectivity index (χ0v) is 10.3. The van der Waals surface area contributed by atoms with E-state index in [1.807, 2.05) is 12.1 Å². The van der Waals surface area contributed by atoms with Crippen LogP contribution in [0.15, 0.2) is 18.2 Å². The Labute approximate surface area is 109 Å². The van der Waals surface area contributed by atoms with Gasteiger partial charge < -0.3 is 4.74 Å². The molecule has 0 radical (unpaired) electrons. The fourth-order valence-corrected chi connectivity index (χ4v) is 1.64. The molecule has 1 aromatic carbocycles. The fraction of sp³-hybridized carbons (Fsp3) is 0.154. The minimum absolute atomic E-state index is 0.0569. The summed E-state index contributed by atoms with van der Waals surface area (Å²) >= 11 is 0. The summed E-state index contributed by atoms with van der Waals surface area (Å²) in [5.74, 6) is -0.552. The number of ether oxygens (including phenoxy) is 1. The molecule has 2 aromatic rings. The summed E-state index contributed by atoms with van der Waals surface area (Å²) < 4.78 is 20.5. The smallest absolute Gasteiger partial charge is 0.236 e. The summed E-state index contributed by atoms with van der Waals surface area (Å²) in [7, 11) is 1.60. The lowest BCUT2D eigenvalue weighted by atomic mass is 10.2. The minimum atomic E-state index is -0.665. The van der Waals surface area contributed by atoms with Crippen LogP contribution in [0.3, 0.4) is 0 Å². The lowest BCUT2D eigenvalue weighted by molar-refractivity contribution is 0.402. The molecule has 0 aliphatic heterocycles. The van der Waals surface area contributed by atoms with Crippen molar-refractivity contribution >= 4 is 0 Å². The summed E-state index contributed by atoms with van der Waals surface area (Å²) in [6, 6.07) is 7.65. The Hall–Kier alpha value is -2.86. The molecule has 0 atom stereocenters. The summed E-state index contributed by atoms with van der Waals surface area (Å²) in [6.45, 7) is 1.67. The van der Waals surface area contributed by atoms with E-state index in [1.54, 1.807) is 14.0 Å². The largest absolute Gasteiger partial charge is 0.435 e. The van der Waals surface area contributed by atoms with Gasteiger partial charge in [-0.1, -0.05) is 0 Å². The van der Waals surface area contributed by atoms with E-state index in [-0.39, 0.29) is 22.8 Å². The molecule has 0 saturated carbocycles. The number of hydrogen-bond donors (Lipinski definition) is 0. The Kier molecular flexibility index (Phi) is 3.17. The third-order valence-electron chi connectivity index (χ3n) is 2.55. The first kappa shape index (κ1) is 12.6. The highest BCUT2D eigenvalue weighted by Gasteiger charge is 2.16. The van der Waals surface area contributed by atoms with Crippen LogP contribution in [-0.2, 0) is 7.05 Å².